The Balaban J connectivity index is 0.00000180. The number of rotatable bonds is 3. The van der Waals surface area contributed by atoms with Gasteiger partial charge in [0.1, 0.15) is 0 Å². The number of hydrogen-bond acceptors (Lipinski definition) is 3. The van der Waals surface area contributed by atoms with E-state index in [1.165, 1.54) is 0 Å². The van der Waals surface area contributed by atoms with E-state index in [1.807, 2.05) is 31.2 Å². The summed E-state index contributed by atoms with van der Waals surface area (Å²) in [5, 5.41) is 2.95. The molecule has 0 bridgehead atoms. The van der Waals surface area contributed by atoms with Crippen molar-refractivity contribution >= 4 is 24.0 Å². The quantitative estimate of drug-likeness (QED) is 0.889. The van der Waals surface area contributed by atoms with Gasteiger partial charge < -0.3 is 11.1 Å². The SMILES string of the molecule is Cc1ccccc1NC(=O)CN1CCCC(N)C1.Cl. The molecule has 0 radical (unpaired) electrons. The molecule has 19 heavy (non-hydrogen) atoms. The fraction of sp³-hybridized carbons (Fsp3) is 0.500. The van der Waals surface area contributed by atoms with E-state index in [1.54, 1.807) is 0 Å². The van der Waals surface area contributed by atoms with Crippen LogP contribution in [0.3, 0.4) is 0 Å². The van der Waals surface area contributed by atoms with Gasteiger partial charge in [-0.25, -0.2) is 0 Å². The first-order chi connectivity index (χ1) is 8.65. The summed E-state index contributed by atoms with van der Waals surface area (Å²) < 4.78 is 0. The Morgan fingerprint density at radius 1 is 1.47 bits per heavy atom. The minimum Gasteiger partial charge on any atom is -0.327 e. The minimum atomic E-state index is 0. The first-order valence-corrected chi connectivity index (χ1v) is 6.48. The molecule has 1 atom stereocenters. The van der Waals surface area contributed by atoms with Crippen LogP contribution in [0.1, 0.15) is 18.4 Å². The number of halogens is 1. The van der Waals surface area contributed by atoms with Gasteiger partial charge in [-0.1, -0.05) is 18.2 Å². The molecule has 0 aromatic heterocycles. The third-order valence-electron chi connectivity index (χ3n) is 3.33. The fourth-order valence-electron chi connectivity index (χ4n) is 2.34. The predicted molar refractivity (Wildman–Crippen MR) is 80.7 cm³/mol. The molecule has 1 aliphatic heterocycles. The van der Waals surface area contributed by atoms with Crippen LogP contribution in [0.2, 0.25) is 0 Å². The van der Waals surface area contributed by atoms with Crippen LogP contribution in [0.4, 0.5) is 5.69 Å². The van der Waals surface area contributed by atoms with Crippen molar-refractivity contribution in [3.63, 3.8) is 0 Å². The van der Waals surface area contributed by atoms with Gasteiger partial charge in [0.25, 0.3) is 0 Å². The topological polar surface area (TPSA) is 58.4 Å². The maximum atomic E-state index is 11.9. The average Bonchev–Trinajstić information content (AvgIpc) is 2.32. The van der Waals surface area contributed by atoms with Crippen LogP contribution in [0.5, 0.6) is 0 Å². The third kappa shape index (κ3) is 4.82. The number of aryl methyl sites for hydroxylation is 1. The maximum Gasteiger partial charge on any atom is 0.238 e. The molecule has 1 heterocycles. The molecule has 1 fully saturated rings. The van der Waals surface area contributed by atoms with Gasteiger partial charge in [-0.15, -0.1) is 12.4 Å². The highest BCUT2D eigenvalue weighted by atomic mass is 35.5. The van der Waals surface area contributed by atoms with E-state index < -0.39 is 0 Å². The second-order valence-corrected chi connectivity index (χ2v) is 5.00. The number of anilines is 1. The van der Waals surface area contributed by atoms with Crippen molar-refractivity contribution in [1.29, 1.82) is 0 Å². The van der Waals surface area contributed by atoms with Gasteiger partial charge >= 0.3 is 0 Å². The van der Waals surface area contributed by atoms with Gasteiger partial charge in [-0.3, -0.25) is 9.69 Å². The average molecular weight is 284 g/mol. The van der Waals surface area contributed by atoms with E-state index in [-0.39, 0.29) is 24.4 Å². The Morgan fingerprint density at radius 3 is 2.89 bits per heavy atom. The normalized spacial score (nSPS) is 19.6. The highest BCUT2D eigenvalue weighted by Crippen LogP contribution is 2.13. The largest absolute Gasteiger partial charge is 0.327 e. The highest BCUT2D eigenvalue weighted by Gasteiger charge is 2.18. The van der Waals surface area contributed by atoms with E-state index in [0.29, 0.717) is 6.54 Å². The summed E-state index contributed by atoms with van der Waals surface area (Å²) >= 11 is 0. The van der Waals surface area contributed by atoms with Crippen LogP contribution in [0, 0.1) is 6.92 Å². The summed E-state index contributed by atoms with van der Waals surface area (Å²) in [6.07, 6.45) is 2.15. The van der Waals surface area contributed by atoms with Gasteiger partial charge in [0.15, 0.2) is 0 Å². The second-order valence-electron chi connectivity index (χ2n) is 5.00. The van der Waals surface area contributed by atoms with Crippen LogP contribution in [-0.2, 0) is 4.79 Å². The van der Waals surface area contributed by atoms with E-state index in [4.69, 9.17) is 5.73 Å². The molecule has 1 aromatic rings. The molecule has 1 saturated heterocycles. The number of piperidine rings is 1. The number of carbonyl (C=O) groups is 1. The van der Waals surface area contributed by atoms with Gasteiger partial charge in [0.2, 0.25) is 5.91 Å². The van der Waals surface area contributed by atoms with Crippen LogP contribution in [0.25, 0.3) is 0 Å². The van der Waals surface area contributed by atoms with Crippen molar-refractivity contribution in [2.75, 3.05) is 25.0 Å². The molecule has 4 nitrogen and oxygen atoms in total. The molecule has 1 aliphatic rings. The molecule has 0 aliphatic carbocycles. The van der Waals surface area contributed by atoms with Crippen LogP contribution >= 0.6 is 12.4 Å². The molecular weight excluding hydrogens is 262 g/mol. The Morgan fingerprint density at radius 2 is 2.21 bits per heavy atom. The summed E-state index contributed by atoms with van der Waals surface area (Å²) in [6.45, 7) is 4.21. The molecule has 2 rings (SSSR count). The molecule has 0 saturated carbocycles. The van der Waals surface area contributed by atoms with Crippen molar-refractivity contribution in [3.05, 3.63) is 29.8 Å². The summed E-state index contributed by atoms with van der Waals surface area (Å²) in [5.74, 6) is 0.0402. The molecule has 1 unspecified atom stereocenters. The van der Waals surface area contributed by atoms with E-state index in [2.05, 4.69) is 10.2 Å². The number of amides is 1. The smallest absolute Gasteiger partial charge is 0.238 e. The van der Waals surface area contributed by atoms with E-state index in [9.17, 15) is 4.79 Å². The van der Waals surface area contributed by atoms with Crippen molar-refractivity contribution in [1.82, 2.24) is 4.90 Å². The van der Waals surface area contributed by atoms with Gasteiger partial charge in [0, 0.05) is 18.3 Å². The number of nitrogens with zero attached hydrogens (tertiary/aromatic N) is 1. The maximum absolute atomic E-state index is 11.9. The lowest BCUT2D eigenvalue weighted by Crippen LogP contribution is -2.45. The molecule has 1 aromatic carbocycles. The number of hydrogen-bond donors (Lipinski definition) is 2. The number of carbonyl (C=O) groups excluding carboxylic acids is 1. The van der Waals surface area contributed by atoms with Gasteiger partial charge in [-0.05, 0) is 37.9 Å². The van der Waals surface area contributed by atoms with E-state index >= 15 is 0 Å². The van der Waals surface area contributed by atoms with Crippen LogP contribution < -0.4 is 11.1 Å². The van der Waals surface area contributed by atoms with Crippen molar-refractivity contribution in [2.24, 2.45) is 5.73 Å². The van der Waals surface area contributed by atoms with Gasteiger partial charge in [-0.2, -0.15) is 0 Å². The van der Waals surface area contributed by atoms with Gasteiger partial charge in [0.05, 0.1) is 6.54 Å². The zero-order chi connectivity index (χ0) is 13.0. The number of likely N-dealkylation sites (tertiary alicyclic amines) is 1. The van der Waals surface area contributed by atoms with Crippen molar-refractivity contribution in [3.8, 4) is 0 Å². The molecule has 1 amide bonds. The second kappa shape index (κ2) is 7.48. The third-order valence-corrected chi connectivity index (χ3v) is 3.33. The lowest BCUT2D eigenvalue weighted by atomic mass is 10.1. The zero-order valence-corrected chi connectivity index (χ0v) is 12.1. The molecular formula is C14H22ClN3O. The Labute approximate surface area is 120 Å². The number of nitrogens with one attached hydrogen (secondary N) is 1. The predicted octanol–water partition coefficient (Wildman–Crippen LogP) is 1.78. The standard InChI is InChI=1S/C14H21N3O.ClH/c1-11-5-2-3-7-13(11)16-14(18)10-17-8-4-6-12(15)9-17;/h2-3,5,7,12H,4,6,8-10,15H2,1H3,(H,16,18);1H. The van der Waals surface area contributed by atoms with Crippen molar-refractivity contribution < 1.29 is 4.79 Å². The fourth-order valence-corrected chi connectivity index (χ4v) is 2.34. The molecule has 0 spiro atoms. The summed E-state index contributed by atoms with van der Waals surface area (Å²) in [4.78, 5) is 14.1. The number of para-hydroxylation sites is 1. The molecule has 3 N–H and O–H groups in total. The minimum absolute atomic E-state index is 0. The van der Waals surface area contributed by atoms with E-state index in [0.717, 1.165) is 37.2 Å². The van der Waals surface area contributed by atoms with Crippen LogP contribution in [0.15, 0.2) is 24.3 Å². The highest BCUT2D eigenvalue weighted by molar-refractivity contribution is 5.92. The summed E-state index contributed by atoms with van der Waals surface area (Å²) in [6, 6.07) is 8.03. The Kier molecular flexibility index (Phi) is 6.28. The lowest BCUT2D eigenvalue weighted by Gasteiger charge is -2.30. The summed E-state index contributed by atoms with van der Waals surface area (Å²) in [5.41, 5.74) is 7.88. The molecule has 5 heteroatoms. The monoisotopic (exact) mass is 283 g/mol. The first-order valence-electron chi connectivity index (χ1n) is 6.48. The number of nitrogens with two attached hydrogens (primary N) is 1. The zero-order valence-electron chi connectivity index (χ0n) is 11.3. The van der Waals surface area contributed by atoms with Crippen molar-refractivity contribution in [2.45, 2.75) is 25.8 Å². The lowest BCUT2D eigenvalue weighted by molar-refractivity contribution is -0.117. The summed E-state index contributed by atoms with van der Waals surface area (Å²) in [7, 11) is 0. The Bertz CT molecular complexity index is 425. The first kappa shape index (κ1) is 16.0. The molecule has 106 valence electrons. The van der Waals surface area contributed by atoms with Crippen LogP contribution in [-0.4, -0.2) is 36.5 Å². The Hall–Kier alpha value is -1.10. The number of benzene rings is 1.